The van der Waals surface area contributed by atoms with Crippen molar-refractivity contribution in [1.82, 2.24) is 4.90 Å². The molecule has 6 rings (SSSR count). The number of carbonyl (C=O) groups is 1. The predicted octanol–water partition coefficient (Wildman–Crippen LogP) is 5.07. The van der Waals surface area contributed by atoms with Crippen LogP contribution in [0.2, 0.25) is 0 Å². The minimum absolute atomic E-state index is 0.0672. The summed E-state index contributed by atoms with van der Waals surface area (Å²) in [7, 11) is 0. The average molecular weight is 446 g/mol. The van der Waals surface area contributed by atoms with Crippen molar-refractivity contribution >= 4 is 17.3 Å². The van der Waals surface area contributed by atoms with Crippen LogP contribution in [-0.2, 0) is 11.3 Å². The maximum Gasteiger partial charge on any atom is 0.255 e. The third-order valence-electron chi connectivity index (χ3n) is 8.38. The number of amides is 1. The van der Waals surface area contributed by atoms with Gasteiger partial charge in [-0.25, -0.2) is 0 Å². The van der Waals surface area contributed by atoms with Crippen molar-refractivity contribution in [3.05, 3.63) is 59.7 Å². The zero-order valence-corrected chi connectivity index (χ0v) is 19.4. The van der Waals surface area contributed by atoms with Crippen molar-refractivity contribution in [3.63, 3.8) is 0 Å². The topological polar surface area (TPSA) is 44.8 Å². The standard InChI is InChI=1S/C28H35N3O2/c32-28(21-9-7-20(8-10-21)19-33-26-5-2-6-26)29-23-11-13-25(14-12-23)31-16-15-22-17-30(18-27(22)31)24-3-1-4-24/h7-14,22,24,26-27H,1-6,15-19H2,(H,29,32)/t22-,27+/m1/s1. The van der Waals surface area contributed by atoms with Crippen molar-refractivity contribution in [2.75, 3.05) is 29.9 Å². The molecule has 0 unspecified atom stereocenters. The first-order valence-corrected chi connectivity index (χ1v) is 12.9. The number of fused-ring (bicyclic) bond motifs is 1. The van der Waals surface area contributed by atoms with Gasteiger partial charge in [0, 0.05) is 48.7 Å². The van der Waals surface area contributed by atoms with Gasteiger partial charge in [-0.3, -0.25) is 9.69 Å². The molecule has 2 aromatic carbocycles. The summed E-state index contributed by atoms with van der Waals surface area (Å²) in [5.74, 6) is 0.745. The molecule has 0 radical (unpaired) electrons. The Labute approximate surface area is 197 Å². The quantitative estimate of drug-likeness (QED) is 0.646. The van der Waals surface area contributed by atoms with E-state index < -0.39 is 0 Å². The van der Waals surface area contributed by atoms with Crippen molar-refractivity contribution < 1.29 is 9.53 Å². The molecule has 0 aromatic heterocycles. The molecule has 2 heterocycles. The number of hydrogen-bond acceptors (Lipinski definition) is 4. The Morgan fingerprint density at radius 2 is 1.67 bits per heavy atom. The third-order valence-corrected chi connectivity index (χ3v) is 8.38. The first-order chi connectivity index (χ1) is 16.2. The van der Waals surface area contributed by atoms with Crippen LogP contribution in [0.5, 0.6) is 0 Å². The number of nitrogens with one attached hydrogen (secondary N) is 1. The highest BCUT2D eigenvalue weighted by Gasteiger charge is 2.44. The highest BCUT2D eigenvalue weighted by atomic mass is 16.5. The van der Waals surface area contributed by atoms with Crippen LogP contribution in [0.1, 0.15) is 60.9 Å². The molecule has 5 nitrogen and oxygen atoms in total. The number of rotatable bonds is 7. The van der Waals surface area contributed by atoms with E-state index in [9.17, 15) is 4.79 Å². The lowest BCUT2D eigenvalue weighted by atomic mass is 9.92. The summed E-state index contributed by atoms with van der Waals surface area (Å²) in [4.78, 5) is 18.1. The van der Waals surface area contributed by atoms with Crippen molar-refractivity contribution in [2.45, 2.75) is 69.7 Å². The summed E-state index contributed by atoms with van der Waals surface area (Å²) < 4.78 is 5.86. The fraction of sp³-hybridized carbons (Fsp3) is 0.536. The number of hydrogen-bond donors (Lipinski definition) is 1. The highest BCUT2D eigenvalue weighted by molar-refractivity contribution is 6.04. The molecule has 2 saturated heterocycles. The summed E-state index contributed by atoms with van der Waals surface area (Å²) in [5, 5.41) is 3.05. The Hall–Kier alpha value is -2.37. The molecule has 5 heteroatoms. The van der Waals surface area contributed by atoms with Crippen LogP contribution >= 0.6 is 0 Å². The van der Waals surface area contributed by atoms with Crippen LogP contribution in [0, 0.1) is 5.92 Å². The molecule has 2 atom stereocenters. The van der Waals surface area contributed by atoms with Crippen LogP contribution in [0.15, 0.2) is 48.5 Å². The molecular formula is C28H35N3O2. The number of carbonyl (C=O) groups excluding carboxylic acids is 1. The number of ether oxygens (including phenoxy) is 1. The lowest BCUT2D eigenvalue weighted by Crippen LogP contribution is -2.42. The molecule has 1 amide bonds. The van der Waals surface area contributed by atoms with Gasteiger partial charge in [-0.2, -0.15) is 0 Å². The van der Waals surface area contributed by atoms with E-state index in [1.807, 2.05) is 36.4 Å². The lowest BCUT2D eigenvalue weighted by molar-refractivity contribution is -0.00866. The lowest BCUT2D eigenvalue weighted by Gasteiger charge is -2.36. The molecule has 0 bridgehead atoms. The molecule has 2 aromatic rings. The predicted molar refractivity (Wildman–Crippen MR) is 132 cm³/mol. The summed E-state index contributed by atoms with van der Waals surface area (Å²) in [6.07, 6.45) is 9.56. The molecule has 1 N–H and O–H groups in total. The van der Waals surface area contributed by atoms with E-state index in [2.05, 4.69) is 27.2 Å². The summed E-state index contributed by atoms with van der Waals surface area (Å²) in [5.41, 5.74) is 3.93. The fourth-order valence-corrected chi connectivity index (χ4v) is 5.81. The van der Waals surface area contributed by atoms with Gasteiger partial charge < -0.3 is 15.0 Å². The number of likely N-dealkylation sites (tertiary alicyclic amines) is 1. The number of benzene rings is 2. The van der Waals surface area contributed by atoms with Gasteiger partial charge >= 0.3 is 0 Å². The van der Waals surface area contributed by atoms with Gasteiger partial charge in [-0.15, -0.1) is 0 Å². The van der Waals surface area contributed by atoms with Gasteiger partial charge in [0.1, 0.15) is 0 Å². The van der Waals surface area contributed by atoms with Gasteiger partial charge in [-0.1, -0.05) is 18.6 Å². The molecule has 2 aliphatic heterocycles. The van der Waals surface area contributed by atoms with Crippen LogP contribution in [0.4, 0.5) is 11.4 Å². The van der Waals surface area contributed by atoms with Crippen molar-refractivity contribution in [3.8, 4) is 0 Å². The second-order valence-corrected chi connectivity index (χ2v) is 10.4. The molecular weight excluding hydrogens is 410 g/mol. The zero-order valence-electron chi connectivity index (χ0n) is 19.4. The molecule has 4 fully saturated rings. The smallest absolute Gasteiger partial charge is 0.255 e. The molecule has 2 aliphatic carbocycles. The van der Waals surface area contributed by atoms with Crippen LogP contribution in [-0.4, -0.2) is 48.6 Å². The SMILES string of the molecule is O=C(Nc1ccc(N2CC[C@@H]3CN(C4CCC4)C[C@@H]32)cc1)c1ccc(COC2CCC2)cc1. The Bertz CT molecular complexity index is 966. The minimum Gasteiger partial charge on any atom is -0.374 e. The highest BCUT2D eigenvalue weighted by Crippen LogP contribution is 2.38. The largest absolute Gasteiger partial charge is 0.374 e. The van der Waals surface area contributed by atoms with E-state index in [1.54, 1.807) is 0 Å². The second-order valence-electron chi connectivity index (χ2n) is 10.4. The maximum absolute atomic E-state index is 12.7. The van der Waals surface area contributed by atoms with Crippen LogP contribution < -0.4 is 10.2 Å². The van der Waals surface area contributed by atoms with E-state index in [1.165, 1.54) is 63.7 Å². The molecule has 2 saturated carbocycles. The first-order valence-electron chi connectivity index (χ1n) is 12.9. The van der Waals surface area contributed by atoms with E-state index in [-0.39, 0.29) is 5.91 Å². The Kier molecular flexibility index (Phi) is 5.85. The minimum atomic E-state index is -0.0672. The molecule has 33 heavy (non-hydrogen) atoms. The molecule has 174 valence electrons. The van der Waals surface area contributed by atoms with Crippen molar-refractivity contribution in [1.29, 1.82) is 0 Å². The van der Waals surface area contributed by atoms with Gasteiger partial charge in [0.2, 0.25) is 0 Å². The zero-order chi connectivity index (χ0) is 22.2. The third kappa shape index (κ3) is 4.41. The summed E-state index contributed by atoms with van der Waals surface area (Å²) in [6.45, 7) is 4.28. The van der Waals surface area contributed by atoms with E-state index in [0.717, 1.165) is 29.8 Å². The van der Waals surface area contributed by atoms with E-state index in [4.69, 9.17) is 4.74 Å². The second kappa shape index (κ2) is 9.11. The normalized spacial score (nSPS) is 25.5. The van der Waals surface area contributed by atoms with E-state index >= 15 is 0 Å². The number of nitrogens with zero attached hydrogens (tertiary/aromatic N) is 2. The van der Waals surface area contributed by atoms with Crippen LogP contribution in [0.3, 0.4) is 0 Å². The summed E-state index contributed by atoms with van der Waals surface area (Å²) in [6, 6.07) is 17.7. The van der Waals surface area contributed by atoms with Gasteiger partial charge in [0.15, 0.2) is 0 Å². The van der Waals surface area contributed by atoms with Crippen LogP contribution in [0.25, 0.3) is 0 Å². The average Bonchev–Trinajstić information content (AvgIpc) is 3.33. The molecule has 4 aliphatic rings. The summed E-state index contributed by atoms with van der Waals surface area (Å²) >= 11 is 0. The van der Waals surface area contributed by atoms with Gasteiger partial charge in [0.05, 0.1) is 12.7 Å². The monoisotopic (exact) mass is 445 g/mol. The fourth-order valence-electron chi connectivity index (χ4n) is 5.81. The Morgan fingerprint density at radius 1 is 0.909 bits per heavy atom. The maximum atomic E-state index is 12.7. The van der Waals surface area contributed by atoms with E-state index in [0.29, 0.717) is 24.3 Å². The van der Waals surface area contributed by atoms with Gasteiger partial charge in [0.25, 0.3) is 5.91 Å². The first kappa shape index (κ1) is 21.2. The van der Waals surface area contributed by atoms with Crippen molar-refractivity contribution in [2.24, 2.45) is 5.92 Å². The van der Waals surface area contributed by atoms with Gasteiger partial charge in [-0.05, 0) is 86.4 Å². The Morgan fingerprint density at radius 3 is 2.33 bits per heavy atom. The number of anilines is 2. The molecule has 0 spiro atoms. The Balaban J connectivity index is 1.04.